The van der Waals surface area contributed by atoms with Crippen LogP contribution in [-0.4, -0.2) is 35.4 Å². The summed E-state index contributed by atoms with van der Waals surface area (Å²) in [6, 6.07) is 22.1. The maximum atomic E-state index is 14.0. The van der Waals surface area contributed by atoms with Crippen LogP contribution >= 0.6 is 23.2 Å². The summed E-state index contributed by atoms with van der Waals surface area (Å²) >= 11 is 12.7. The molecule has 1 aliphatic rings. The van der Waals surface area contributed by atoms with Crippen molar-refractivity contribution < 1.29 is 14.3 Å². The van der Waals surface area contributed by atoms with Crippen molar-refractivity contribution >= 4 is 35.0 Å². The zero-order valence-electron chi connectivity index (χ0n) is 23.2. The molecule has 1 fully saturated rings. The molecule has 1 unspecified atom stereocenters. The number of hydrogen-bond acceptors (Lipinski definition) is 3. The quantitative estimate of drug-likeness (QED) is 0.254. The van der Waals surface area contributed by atoms with E-state index in [1.165, 1.54) is 6.42 Å². The van der Waals surface area contributed by atoms with E-state index in [0.717, 1.165) is 36.8 Å². The predicted molar refractivity (Wildman–Crippen MR) is 162 cm³/mol. The normalized spacial score (nSPS) is 14.5. The zero-order chi connectivity index (χ0) is 28.5. The highest BCUT2D eigenvalue weighted by molar-refractivity contribution is 6.35. The number of nitrogens with zero attached hydrogens (tertiary/aromatic N) is 1. The number of hydrogen-bond donors (Lipinski definition) is 1. The molecule has 212 valence electrons. The maximum absolute atomic E-state index is 14.0. The molecule has 4 rings (SSSR count). The second-order valence-electron chi connectivity index (χ2n) is 10.8. The van der Waals surface area contributed by atoms with Crippen molar-refractivity contribution in [1.82, 2.24) is 10.2 Å². The third kappa shape index (κ3) is 8.25. The maximum Gasteiger partial charge on any atom is 0.261 e. The van der Waals surface area contributed by atoms with Gasteiger partial charge < -0.3 is 15.0 Å². The summed E-state index contributed by atoms with van der Waals surface area (Å²) in [6.07, 6.45) is 5.67. The lowest BCUT2D eigenvalue weighted by Gasteiger charge is -2.33. The number of nitrogens with one attached hydrogen (secondary N) is 1. The number of carbonyl (C=O) groups excluding carboxylic acids is 2. The Morgan fingerprint density at radius 2 is 1.65 bits per heavy atom. The molecule has 1 atom stereocenters. The van der Waals surface area contributed by atoms with E-state index < -0.39 is 6.04 Å². The summed E-state index contributed by atoms with van der Waals surface area (Å²) in [7, 11) is 0. The standard InChI is InChI=1S/C33H38Cl2N2O3/c1-23(2)28-15-9-10-16-31(28)40-22-32(38)37(21-25-17-18-26(34)20-29(25)35)30(19-24-11-5-3-6-12-24)33(39)36-27-13-7-4-8-14-27/h3,5-6,9-12,15-18,20,23,27,30H,4,7-8,13-14,19,21-22H2,1-2H3,(H,36,39). The van der Waals surface area contributed by atoms with Crippen molar-refractivity contribution in [2.45, 2.75) is 76.9 Å². The van der Waals surface area contributed by atoms with Crippen LogP contribution in [0.15, 0.2) is 72.8 Å². The Kier molecular flexibility index (Phi) is 10.9. The van der Waals surface area contributed by atoms with Gasteiger partial charge in [0, 0.05) is 29.1 Å². The molecule has 0 radical (unpaired) electrons. The van der Waals surface area contributed by atoms with E-state index in [-0.39, 0.29) is 36.9 Å². The van der Waals surface area contributed by atoms with Gasteiger partial charge in [0.25, 0.3) is 5.91 Å². The van der Waals surface area contributed by atoms with Gasteiger partial charge in [-0.2, -0.15) is 0 Å². The summed E-state index contributed by atoms with van der Waals surface area (Å²) in [5.74, 6) is 0.463. The molecule has 0 saturated heterocycles. The minimum Gasteiger partial charge on any atom is -0.483 e. The number of carbonyl (C=O) groups is 2. The van der Waals surface area contributed by atoms with Gasteiger partial charge in [0.2, 0.25) is 5.91 Å². The van der Waals surface area contributed by atoms with Gasteiger partial charge in [-0.15, -0.1) is 0 Å². The smallest absolute Gasteiger partial charge is 0.261 e. The second kappa shape index (κ2) is 14.6. The van der Waals surface area contributed by atoms with Crippen LogP contribution in [0.2, 0.25) is 10.0 Å². The van der Waals surface area contributed by atoms with Crippen molar-refractivity contribution in [1.29, 1.82) is 0 Å². The average Bonchev–Trinajstić information content (AvgIpc) is 2.95. The van der Waals surface area contributed by atoms with E-state index >= 15 is 0 Å². The van der Waals surface area contributed by atoms with Gasteiger partial charge >= 0.3 is 0 Å². The number of para-hydroxylation sites is 1. The Balaban J connectivity index is 1.65. The van der Waals surface area contributed by atoms with Crippen LogP contribution in [0.5, 0.6) is 5.75 Å². The summed E-state index contributed by atoms with van der Waals surface area (Å²) < 4.78 is 6.08. The molecule has 0 bridgehead atoms. The van der Waals surface area contributed by atoms with Gasteiger partial charge in [0.15, 0.2) is 6.61 Å². The summed E-state index contributed by atoms with van der Waals surface area (Å²) in [5.41, 5.74) is 2.71. The number of ether oxygens (including phenoxy) is 1. The van der Waals surface area contributed by atoms with E-state index in [1.807, 2.05) is 54.6 Å². The van der Waals surface area contributed by atoms with E-state index in [9.17, 15) is 9.59 Å². The molecule has 2 amide bonds. The van der Waals surface area contributed by atoms with Crippen LogP contribution < -0.4 is 10.1 Å². The van der Waals surface area contributed by atoms with Gasteiger partial charge in [0.05, 0.1) is 0 Å². The fourth-order valence-electron chi connectivity index (χ4n) is 5.24. The molecule has 3 aromatic carbocycles. The minimum atomic E-state index is -0.743. The first kappa shape index (κ1) is 30.0. The van der Waals surface area contributed by atoms with Crippen molar-refractivity contribution in [2.24, 2.45) is 0 Å². The number of rotatable bonds is 11. The molecule has 7 heteroatoms. The Morgan fingerprint density at radius 1 is 0.950 bits per heavy atom. The van der Waals surface area contributed by atoms with Crippen molar-refractivity contribution in [3.05, 3.63) is 99.5 Å². The van der Waals surface area contributed by atoms with Crippen LogP contribution in [0.1, 0.15) is 68.6 Å². The summed E-state index contributed by atoms with van der Waals surface area (Å²) in [4.78, 5) is 29.5. The fourth-order valence-corrected chi connectivity index (χ4v) is 5.71. The highest BCUT2D eigenvalue weighted by Crippen LogP contribution is 2.27. The van der Waals surface area contributed by atoms with E-state index in [1.54, 1.807) is 23.1 Å². The molecule has 1 N–H and O–H groups in total. The van der Waals surface area contributed by atoms with Gasteiger partial charge in [-0.3, -0.25) is 9.59 Å². The molecule has 1 saturated carbocycles. The molecule has 0 aliphatic heterocycles. The van der Waals surface area contributed by atoms with Crippen LogP contribution in [0.25, 0.3) is 0 Å². The van der Waals surface area contributed by atoms with Gasteiger partial charge in [-0.25, -0.2) is 0 Å². The molecule has 0 spiro atoms. The van der Waals surface area contributed by atoms with Gasteiger partial charge in [-0.1, -0.05) is 111 Å². The number of halogens is 2. The molecule has 5 nitrogen and oxygen atoms in total. The Morgan fingerprint density at radius 3 is 2.35 bits per heavy atom. The lowest BCUT2D eigenvalue weighted by Crippen LogP contribution is -2.53. The summed E-state index contributed by atoms with van der Waals surface area (Å²) in [5, 5.41) is 4.21. The van der Waals surface area contributed by atoms with E-state index in [0.29, 0.717) is 27.8 Å². The third-order valence-corrected chi connectivity index (χ3v) is 8.06. The lowest BCUT2D eigenvalue weighted by molar-refractivity contribution is -0.143. The second-order valence-corrected chi connectivity index (χ2v) is 11.6. The molecule has 1 aliphatic carbocycles. The zero-order valence-corrected chi connectivity index (χ0v) is 24.8. The van der Waals surface area contributed by atoms with E-state index in [4.69, 9.17) is 27.9 Å². The SMILES string of the molecule is CC(C)c1ccccc1OCC(=O)N(Cc1ccc(Cl)cc1Cl)C(Cc1ccccc1)C(=O)NC1CCCCC1. The number of benzene rings is 3. The first-order chi connectivity index (χ1) is 19.3. The first-order valence-corrected chi connectivity index (χ1v) is 14.9. The third-order valence-electron chi connectivity index (χ3n) is 7.47. The van der Waals surface area contributed by atoms with E-state index in [2.05, 4.69) is 19.2 Å². The Hall–Kier alpha value is -3.02. The van der Waals surface area contributed by atoms with Crippen molar-refractivity contribution in [3.8, 4) is 5.75 Å². The molecule has 0 heterocycles. The minimum absolute atomic E-state index is 0.116. The highest BCUT2D eigenvalue weighted by atomic mass is 35.5. The average molecular weight is 582 g/mol. The molecule has 3 aromatic rings. The molecular weight excluding hydrogens is 543 g/mol. The Bertz CT molecular complexity index is 1280. The van der Waals surface area contributed by atoms with Crippen molar-refractivity contribution in [3.63, 3.8) is 0 Å². The first-order valence-electron chi connectivity index (χ1n) is 14.1. The van der Waals surface area contributed by atoms with Crippen LogP contribution in [0.4, 0.5) is 0 Å². The largest absolute Gasteiger partial charge is 0.483 e. The molecule has 40 heavy (non-hydrogen) atoms. The monoisotopic (exact) mass is 580 g/mol. The molecular formula is C33H38Cl2N2O3. The fraction of sp³-hybridized carbons (Fsp3) is 0.394. The molecule has 0 aromatic heterocycles. The lowest BCUT2D eigenvalue weighted by atomic mass is 9.94. The highest BCUT2D eigenvalue weighted by Gasteiger charge is 2.32. The van der Waals surface area contributed by atoms with Gasteiger partial charge in [0.1, 0.15) is 11.8 Å². The van der Waals surface area contributed by atoms with Crippen LogP contribution in [-0.2, 0) is 22.6 Å². The summed E-state index contributed by atoms with van der Waals surface area (Å²) in [6.45, 7) is 4.13. The van der Waals surface area contributed by atoms with Crippen molar-refractivity contribution in [2.75, 3.05) is 6.61 Å². The van der Waals surface area contributed by atoms with Gasteiger partial charge in [-0.05, 0) is 53.6 Å². The van der Waals surface area contributed by atoms with Crippen LogP contribution in [0.3, 0.4) is 0 Å². The topological polar surface area (TPSA) is 58.6 Å². The predicted octanol–water partition coefficient (Wildman–Crippen LogP) is 7.58. The van der Waals surface area contributed by atoms with Crippen LogP contribution in [0, 0.1) is 0 Å². The Labute approximate surface area is 247 Å². The number of amides is 2.